The van der Waals surface area contributed by atoms with Gasteiger partial charge in [0.2, 0.25) is 5.91 Å². The molecule has 4 heterocycles. The largest absolute Gasteiger partial charge is 0.371 e. The van der Waals surface area contributed by atoms with Crippen molar-refractivity contribution in [1.82, 2.24) is 10.3 Å². The summed E-state index contributed by atoms with van der Waals surface area (Å²) in [5, 5.41) is 5.54. The average Bonchev–Trinajstić information content (AvgIpc) is 3.26. The Kier molecular flexibility index (Phi) is 5.51. The number of anilines is 3. The Labute approximate surface area is 187 Å². The molecule has 0 aliphatic carbocycles. The number of piperidine rings is 1. The second-order valence-electron chi connectivity index (χ2n) is 8.74. The molecule has 0 saturated carbocycles. The van der Waals surface area contributed by atoms with E-state index in [0.29, 0.717) is 37.5 Å². The van der Waals surface area contributed by atoms with E-state index in [0.717, 1.165) is 49.2 Å². The molecule has 32 heavy (non-hydrogen) atoms. The maximum atomic E-state index is 12.5. The molecule has 2 N–H and O–H groups in total. The lowest BCUT2D eigenvalue weighted by atomic mass is 9.96. The molecule has 3 aliphatic rings. The van der Waals surface area contributed by atoms with Crippen LogP contribution in [0.15, 0.2) is 36.7 Å². The lowest BCUT2D eigenvalue weighted by Crippen LogP contribution is -2.41. The second-order valence-corrected chi connectivity index (χ2v) is 8.74. The highest BCUT2D eigenvalue weighted by Crippen LogP contribution is 2.38. The fraction of sp³-hybridized carbons (Fsp3) is 0.417. The number of amides is 3. The van der Waals surface area contributed by atoms with Crippen molar-refractivity contribution < 1.29 is 14.4 Å². The van der Waals surface area contributed by atoms with Crippen LogP contribution in [0.25, 0.3) is 0 Å². The first-order chi connectivity index (χ1) is 15.6. The zero-order chi connectivity index (χ0) is 22.1. The molecule has 3 aliphatic heterocycles. The van der Waals surface area contributed by atoms with Crippen LogP contribution in [-0.4, -0.2) is 48.9 Å². The van der Waals surface area contributed by atoms with E-state index in [-0.39, 0.29) is 5.91 Å². The van der Waals surface area contributed by atoms with Crippen molar-refractivity contribution >= 4 is 34.8 Å². The molecule has 2 aromatic rings. The van der Waals surface area contributed by atoms with Gasteiger partial charge in [-0.05, 0) is 67.0 Å². The van der Waals surface area contributed by atoms with Crippen molar-refractivity contribution in [1.29, 1.82) is 0 Å². The van der Waals surface area contributed by atoms with Crippen LogP contribution in [-0.2, 0) is 27.2 Å². The van der Waals surface area contributed by atoms with Gasteiger partial charge in [0.1, 0.15) is 0 Å². The van der Waals surface area contributed by atoms with E-state index >= 15 is 0 Å². The predicted molar refractivity (Wildman–Crippen MR) is 122 cm³/mol. The van der Waals surface area contributed by atoms with E-state index in [4.69, 9.17) is 0 Å². The molecule has 0 bridgehead atoms. The summed E-state index contributed by atoms with van der Waals surface area (Å²) in [5.74, 6) is -0.725. The fourth-order valence-electron chi connectivity index (χ4n) is 4.99. The smallest absolute Gasteiger partial charge is 0.313 e. The minimum Gasteiger partial charge on any atom is -0.371 e. The lowest BCUT2D eigenvalue weighted by molar-refractivity contribution is -0.136. The summed E-state index contributed by atoms with van der Waals surface area (Å²) >= 11 is 0. The third kappa shape index (κ3) is 4.04. The second kappa shape index (κ2) is 8.61. The molecule has 1 fully saturated rings. The molecule has 1 aromatic carbocycles. The van der Waals surface area contributed by atoms with Gasteiger partial charge in [-0.25, -0.2) is 0 Å². The van der Waals surface area contributed by atoms with Crippen LogP contribution in [0.1, 0.15) is 30.4 Å². The van der Waals surface area contributed by atoms with Gasteiger partial charge in [-0.1, -0.05) is 0 Å². The number of rotatable bonds is 4. The summed E-state index contributed by atoms with van der Waals surface area (Å²) in [6.45, 7) is 3.05. The molecule has 0 spiro atoms. The molecule has 166 valence electrons. The predicted octanol–water partition coefficient (Wildman–Crippen LogP) is 1.89. The van der Waals surface area contributed by atoms with Crippen LogP contribution in [0.5, 0.6) is 0 Å². The first-order valence-electron chi connectivity index (χ1n) is 11.3. The molecule has 8 nitrogen and oxygen atoms in total. The number of nitrogens with zero attached hydrogens (tertiary/aromatic N) is 3. The summed E-state index contributed by atoms with van der Waals surface area (Å²) in [6, 6.07) is 7.80. The SMILES string of the molecule is O=C(NCC1CCN(c2ccncc2)CC1)C(=O)Nc1cc2c3c(c1)CCN3C(=O)CC2. The molecular formula is C24H27N5O3. The van der Waals surface area contributed by atoms with Gasteiger partial charge in [-0.3, -0.25) is 19.4 Å². The van der Waals surface area contributed by atoms with Gasteiger partial charge in [0.05, 0.1) is 5.69 Å². The van der Waals surface area contributed by atoms with E-state index in [9.17, 15) is 14.4 Å². The van der Waals surface area contributed by atoms with E-state index in [1.54, 1.807) is 12.4 Å². The van der Waals surface area contributed by atoms with Crippen LogP contribution in [0.4, 0.5) is 17.1 Å². The number of nitrogens with one attached hydrogen (secondary N) is 2. The van der Waals surface area contributed by atoms with E-state index in [1.165, 1.54) is 5.69 Å². The first kappa shape index (κ1) is 20.5. The highest BCUT2D eigenvalue weighted by molar-refractivity contribution is 6.39. The monoisotopic (exact) mass is 433 g/mol. The number of benzene rings is 1. The Balaban J connectivity index is 1.12. The van der Waals surface area contributed by atoms with Crippen molar-refractivity contribution in [2.45, 2.75) is 32.1 Å². The summed E-state index contributed by atoms with van der Waals surface area (Å²) < 4.78 is 0. The number of pyridine rings is 1. The van der Waals surface area contributed by atoms with Crippen molar-refractivity contribution in [3.05, 3.63) is 47.8 Å². The Morgan fingerprint density at radius 1 is 0.969 bits per heavy atom. The topological polar surface area (TPSA) is 94.6 Å². The molecule has 5 rings (SSSR count). The normalized spacial score (nSPS) is 17.8. The molecular weight excluding hydrogens is 406 g/mol. The van der Waals surface area contributed by atoms with Crippen molar-refractivity contribution in [2.24, 2.45) is 5.92 Å². The van der Waals surface area contributed by atoms with Gasteiger partial charge in [0.25, 0.3) is 0 Å². The van der Waals surface area contributed by atoms with Gasteiger partial charge in [0, 0.05) is 56.4 Å². The number of aromatic nitrogens is 1. The molecule has 1 saturated heterocycles. The highest BCUT2D eigenvalue weighted by atomic mass is 16.2. The summed E-state index contributed by atoms with van der Waals surface area (Å²) in [6.07, 6.45) is 7.47. The van der Waals surface area contributed by atoms with Crippen LogP contribution >= 0.6 is 0 Å². The Morgan fingerprint density at radius 3 is 2.44 bits per heavy atom. The first-order valence-corrected chi connectivity index (χ1v) is 11.3. The molecule has 8 heteroatoms. The molecule has 0 unspecified atom stereocenters. The maximum absolute atomic E-state index is 12.5. The minimum atomic E-state index is -0.645. The van der Waals surface area contributed by atoms with Gasteiger partial charge in [0.15, 0.2) is 0 Å². The van der Waals surface area contributed by atoms with Crippen LogP contribution in [0.2, 0.25) is 0 Å². The zero-order valence-electron chi connectivity index (χ0n) is 18.0. The van der Waals surface area contributed by atoms with Gasteiger partial charge in [-0.15, -0.1) is 0 Å². The number of hydrogen-bond acceptors (Lipinski definition) is 5. The van der Waals surface area contributed by atoms with Gasteiger partial charge >= 0.3 is 11.8 Å². The Morgan fingerprint density at radius 2 is 1.69 bits per heavy atom. The number of hydrogen-bond donors (Lipinski definition) is 2. The van der Waals surface area contributed by atoms with Gasteiger partial charge < -0.3 is 20.4 Å². The minimum absolute atomic E-state index is 0.166. The Bertz CT molecular complexity index is 1050. The standard InChI is InChI=1S/C24H27N5O3/c30-21-2-1-17-13-19(14-18-7-12-29(21)22(17)18)27-24(32)23(31)26-15-16-5-10-28(11-6-16)20-3-8-25-9-4-20/h3-4,8-9,13-14,16H,1-2,5-7,10-12,15H2,(H,26,31)(H,27,32). The van der Waals surface area contributed by atoms with E-state index in [2.05, 4.69) is 20.5 Å². The summed E-state index contributed by atoms with van der Waals surface area (Å²) in [7, 11) is 0. The van der Waals surface area contributed by atoms with E-state index < -0.39 is 11.8 Å². The lowest BCUT2D eigenvalue weighted by Gasteiger charge is -2.33. The zero-order valence-corrected chi connectivity index (χ0v) is 18.0. The molecule has 1 aromatic heterocycles. The number of aryl methyl sites for hydroxylation is 1. The highest BCUT2D eigenvalue weighted by Gasteiger charge is 2.31. The van der Waals surface area contributed by atoms with Crippen molar-refractivity contribution in [3.8, 4) is 0 Å². The number of carbonyl (C=O) groups excluding carboxylic acids is 3. The fourth-order valence-corrected chi connectivity index (χ4v) is 4.99. The van der Waals surface area contributed by atoms with Crippen LogP contribution in [0.3, 0.4) is 0 Å². The van der Waals surface area contributed by atoms with E-state index in [1.807, 2.05) is 29.2 Å². The molecule has 0 atom stereocenters. The number of carbonyl (C=O) groups is 3. The molecule has 3 amide bonds. The molecule has 0 radical (unpaired) electrons. The average molecular weight is 434 g/mol. The van der Waals surface area contributed by atoms with Crippen molar-refractivity contribution in [3.63, 3.8) is 0 Å². The summed E-state index contributed by atoms with van der Waals surface area (Å²) in [5.41, 5.74) is 4.92. The summed E-state index contributed by atoms with van der Waals surface area (Å²) in [4.78, 5) is 45.1. The Hall–Kier alpha value is -3.42. The van der Waals surface area contributed by atoms with Crippen molar-refractivity contribution in [2.75, 3.05) is 41.3 Å². The maximum Gasteiger partial charge on any atom is 0.313 e. The quantitative estimate of drug-likeness (QED) is 0.718. The van der Waals surface area contributed by atoms with Gasteiger partial charge in [-0.2, -0.15) is 0 Å². The third-order valence-electron chi connectivity index (χ3n) is 6.71. The van der Waals surface area contributed by atoms with Crippen LogP contribution in [0, 0.1) is 5.92 Å². The third-order valence-corrected chi connectivity index (χ3v) is 6.71. The van der Waals surface area contributed by atoms with Crippen LogP contribution < -0.4 is 20.4 Å².